The highest BCUT2D eigenvalue weighted by molar-refractivity contribution is 7.99. The summed E-state index contributed by atoms with van der Waals surface area (Å²) >= 11 is 1.22. The molecule has 0 radical (unpaired) electrons. The molecule has 0 bridgehead atoms. The highest BCUT2D eigenvalue weighted by atomic mass is 32.2. The van der Waals surface area contributed by atoms with E-state index in [4.69, 9.17) is 4.42 Å². The van der Waals surface area contributed by atoms with Gasteiger partial charge in [0, 0.05) is 13.0 Å². The zero-order chi connectivity index (χ0) is 13.2. The Kier molecular flexibility index (Phi) is 3.25. The third kappa shape index (κ3) is 2.49. The summed E-state index contributed by atoms with van der Waals surface area (Å²) < 4.78 is 5.50. The number of fused-ring (bicyclic) bond motifs is 1. The van der Waals surface area contributed by atoms with Gasteiger partial charge in [-0.25, -0.2) is 4.98 Å². The summed E-state index contributed by atoms with van der Waals surface area (Å²) in [6, 6.07) is 7.44. The number of benzene rings is 1. The van der Waals surface area contributed by atoms with E-state index in [-0.39, 0.29) is 17.6 Å². The number of carbonyl (C=O) groups is 2. The van der Waals surface area contributed by atoms with E-state index in [0.717, 1.165) is 11.9 Å². The van der Waals surface area contributed by atoms with Crippen molar-refractivity contribution < 1.29 is 14.0 Å². The van der Waals surface area contributed by atoms with Gasteiger partial charge in [-0.2, -0.15) is 0 Å². The monoisotopic (exact) mass is 276 g/mol. The van der Waals surface area contributed by atoms with Crippen LogP contribution in [0.3, 0.4) is 0 Å². The minimum atomic E-state index is -0.172. The number of hydrogen-bond acceptors (Lipinski definition) is 5. The Labute approximate surface area is 114 Å². The van der Waals surface area contributed by atoms with Crippen molar-refractivity contribution in [2.75, 3.05) is 12.3 Å². The van der Waals surface area contributed by atoms with Gasteiger partial charge in [-0.1, -0.05) is 23.9 Å². The number of oxazole rings is 1. The highest BCUT2D eigenvalue weighted by Gasteiger charge is 2.26. The molecule has 1 aromatic heterocycles. The lowest BCUT2D eigenvalue weighted by Gasteiger charge is -2.11. The molecule has 5 nitrogen and oxygen atoms in total. The first-order valence-electron chi connectivity index (χ1n) is 6.05. The van der Waals surface area contributed by atoms with Crippen molar-refractivity contribution in [1.29, 1.82) is 0 Å². The molecule has 2 aromatic rings. The number of hydrogen-bond donors (Lipinski definition) is 0. The lowest BCUT2D eigenvalue weighted by Crippen LogP contribution is -2.33. The van der Waals surface area contributed by atoms with Gasteiger partial charge < -0.3 is 4.42 Å². The fraction of sp³-hybridized carbons (Fsp3) is 0.308. The molecule has 2 amide bonds. The van der Waals surface area contributed by atoms with Gasteiger partial charge in [0.25, 0.3) is 5.22 Å². The van der Waals surface area contributed by atoms with E-state index in [1.807, 2.05) is 24.3 Å². The van der Waals surface area contributed by atoms with Crippen LogP contribution in [-0.4, -0.2) is 34.0 Å². The molecule has 2 heterocycles. The van der Waals surface area contributed by atoms with E-state index >= 15 is 0 Å². The van der Waals surface area contributed by atoms with E-state index in [9.17, 15) is 9.59 Å². The van der Waals surface area contributed by atoms with Crippen molar-refractivity contribution in [3.05, 3.63) is 24.3 Å². The van der Waals surface area contributed by atoms with Crippen molar-refractivity contribution in [3.63, 3.8) is 0 Å². The van der Waals surface area contributed by atoms with E-state index in [1.165, 1.54) is 16.7 Å². The fourth-order valence-corrected chi connectivity index (χ4v) is 2.74. The number of nitrogens with zero attached hydrogens (tertiary/aromatic N) is 2. The molecule has 0 saturated carbocycles. The first kappa shape index (κ1) is 12.2. The van der Waals surface area contributed by atoms with Gasteiger partial charge in [-0.3, -0.25) is 14.5 Å². The lowest BCUT2D eigenvalue weighted by molar-refractivity contribution is -0.140. The van der Waals surface area contributed by atoms with Crippen LogP contribution in [0.15, 0.2) is 33.9 Å². The highest BCUT2D eigenvalue weighted by Crippen LogP contribution is 2.23. The van der Waals surface area contributed by atoms with Crippen molar-refractivity contribution in [2.24, 2.45) is 0 Å². The largest absolute Gasteiger partial charge is 0.431 e. The van der Waals surface area contributed by atoms with Crippen molar-refractivity contribution in [3.8, 4) is 0 Å². The van der Waals surface area contributed by atoms with Crippen molar-refractivity contribution in [1.82, 2.24) is 9.88 Å². The molecule has 0 N–H and O–H groups in total. The summed E-state index contributed by atoms with van der Waals surface area (Å²) in [7, 11) is 0. The predicted molar refractivity (Wildman–Crippen MR) is 70.7 cm³/mol. The molecule has 98 valence electrons. The summed E-state index contributed by atoms with van der Waals surface area (Å²) in [6.07, 6.45) is 1.23. The SMILES string of the molecule is O=C1CCCN1C(=O)CSc1nc2ccccc2o1. The summed E-state index contributed by atoms with van der Waals surface area (Å²) in [6.45, 7) is 0.534. The Bertz CT molecular complexity index is 605. The molecule has 1 aromatic carbocycles. The fourth-order valence-electron chi connectivity index (χ4n) is 2.03. The maximum absolute atomic E-state index is 11.9. The number of thioether (sulfide) groups is 1. The Morgan fingerprint density at radius 1 is 1.42 bits per heavy atom. The molecule has 1 aliphatic rings. The van der Waals surface area contributed by atoms with Crippen LogP contribution in [0.5, 0.6) is 0 Å². The van der Waals surface area contributed by atoms with E-state index in [2.05, 4.69) is 4.98 Å². The molecule has 0 atom stereocenters. The van der Waals surface area contributed by atoms with Crippen LogP contribution in [0.4, 0.5) is 0 Å². The van der Waals surface area contributed by atoms with Gasteiger partial charge in [0.15, 0.2) is 5.58 Å². The van der Waals surface area contributed by atoms with E-state index in [0.29, 0.717) is 23.8 Å². The zero-order valence-electron chi connectivity index (χ0n) is 10.2. The Morgan fingerprint density at radius 3 is 3.00 bits per heavy atom. The summed E-state index contributed by atoms with van der Waals surface area (Å²) in [4.78, 5) is 28.9. The molecule has 6 heteroatoms. The predicted octanol–water partition coefficient (Wildman–Crippen LogP) is 2.07. The molecular weight excluding hydrogens is 264 g/mol. The van der Waals surface area contributed by atoms with Gasteiger partial charge in [-0.15, -0.1) is 0 Å². The normalized spacial score (nSPS) is 15.4. The second kappa shape index (κ2) is 5.05. The maximum Gasteiger partial charge on any atom is 0.257 e. The maximum atomic E-state index is 11.9. The van der Waals surface area contributed by atoms with Crippen LogP contribution in [0.1, 0.15) is 12.8 Å². The molecule has 1 fully saturated rings. The second-order valence-corrected chi connectivity index (χ2v) is 5.21. The first-order valence-corrected chi connectivity index (χ1v) is 7.04. The van der Waals surface area contributed by atoms with Crippen LogP contribution >= 0.6 is 11.8 Å². The number of rotatable bonds is 3. The third-order valence-corrected chi connectivity index (χ3v) is 3.78. The summed E-state index contributed by atoms with van der Waals surface area (Å²) in [5, 5.41) is 0.459. The number of aromatic nitrogens is 1. The van der Waals surface area contributed by atoms with Crippen LogP contribution in [0, 0.1) is 0 Å². The number of para-hydroxylation sites is 2. The number of likely N-dealkylation sites (tertiary alicyclic amines) is 1. The van der Waals surface area contributed by atoms with Crippen molar-refractivity contribution in [2.45, 2.75) is 18.1 Å². The van der Waals surface area contributed by atoms with Crippen molar-refractivity contribution >= 4 is 34.7 Å². The molecule has 0 aliphatic carbocycles. The molecular formula is C13H12N2O3S. The molecule has 0 spiro atoms. The molecule has 3 rings (SSSR count). The molecule has 1 saturated heterocycles. The van der Waals surface area contributed by atoms with Crippen LogP contribution < -0.4 is 0 Å². The molecule has 1 aliphatic heterocycles. The van der Waals surface area contributed by atoms with E-state index in [1.54, 1.807) is 0 Å². The van der Waals surface area contributed by atoms with Crippen LogP contribution in [0.25, 0.3) is 11.1 Å². The first-order chi connectivity index (χ1) is 9.24. The van der Waals surface area contributed by atoms with Gasteiger partial charge in [0.1, 0.15) is 5.52 Å². The number of carbonyl (C=O) groups excluding carboxylic acids is 2. The third-order valence-electron chi connectivity index (χ3n) is 2.97. The van der Waals surface area contributed by atoms with Gasteiger partial charge in [0.2, 0.25) is 11.8 Å². The standard InChI is InChI=1S/C13H12N2O3S/c16-11-6-3-7-15(11)12(17)8-19-13-14-9-4-1-2-5-10(9)18-13/h1-2,4-5H,3,6-8H2. The minimum Gasteiger partial charge on any atom is -0.431 e. The smallest absolute Gasteiger partial charge is 0.257 e. The van der Waals surface area contributed by atoms with Gasteiger partial charge >= 0.3 is 0 Å². The minimum absolute atomic E-state index is 0.0804. The Morgan fingerprint density at radius 2 is 2.26 bits per heavy atom. The van der Waals surface area contributed by atoms with Crippen LogP contribution in [-0.2, 0) is 9.59 Å². The Balaban J connectivity index is 1.65. The van der Waals surface area contributed by atoms with E-state index < -0.39 is 0 Å². The molecule has 19 heavy (non-hydrogen) atoms. The lowest BCUT2D eigenvalue weighted by atomic mass is 10.3. The topological polar surface area (TPSA) is 63.4 Å². The molecule has 0 unspecified atom stereocenters. The number of imide groups is 1. The Hall–Kier alpha value is -1.82. The van der Waals surface area contributed by atoms with Gasteiger partial charge in [0.05, 0.1) is 5.75 Å². The van der Waals surface area contributed by atoms with Gasteiger partial charge in [-0.05, 0) is 18.6 Å². The number of amides is 2. The average molecular weight is 276 g/mol. The summed E-state index contributed by atoms with van der Waals surface area (Å²) in [5.41, 5.74) is 1.48. The van der Waals surface area contributed by atoms with Crippen LogP contribution in [0.2, 0.25) is 0 Å². The average Bonchev–Trinajstić information content (AvgIpc) is 3.01. The second-order valence-electron chi connectivity index (χ2n) is 4.28. The quantitative estimate of drug-likeness (QED) is 0.803. The zero-order valence-corrected chi connectivity index (χ0v) is 11.0. The summed E-state index contributed by atoms with van der Waals surface area (Å²) in [5.74, 6) is -0.0728.